The number of carboxylic acid groups (broad SMARTS) is 1. The monoisotopic (exact) mass is 314 g/mol. The Hall–Kier alpha value is -1.57. The van der Waals surface area contributed by atoms with Gasteiger partial charge in [0.05, 0.1) is 0 Å². The molecule has 0 saturated heterocycles. The quantitative estimate of drug-likeness (QED) is 0.495. The molecular formula is C21H30O2. The summed E-state index contributed by atoms with van der Waals surface area (Å²) in [5, 5.41) is 8.97. The first-order chi connectivity index (χ1) is 11.2. The predicted molar refractivity (Wildman–Crippen MR) is 96.3 cm³/mol. The Kier molecular flexibility index (Phi) is 7.38. The predicted octanol–water partition coefficient (Wildman–Crippen LogP) is 5.83. The van der Waals surface area contributed by atoms with Crippen LogP contribution in [-0.2, 0) is 4.79 Å². The highest BCUT2D eigenvalue weighted by atomic mass is 16.4. The van der Waals surface area contributed by atoms with Crippen LogP contribution >= 0.6 is 0 Å². The molecule has 0 unspecified atom stereocenters. The van der Waals surface area contributed by atoms with Crippen molar-refractivity contribution in [1.82, 2.24) is 0 Å². The molecule has 0 aliphatic heterocycles. The smallest absolute Gasteiger partial charge is 0.303 e. The molecule has 0 amide bonds. The highest BCUT2D eigenvalue weighted by Crippen LogP contribution is 2.33. The van der Waals surface area contributed by atoms with Gasteiger partial charge in [-0.05, 0) is 62.9 Å². The molecular weight excluding hydrogens is 284 g/mol. The number of carbonyl (C=O) groups is 1. The second kappa shape index (κ2) is 9.54. The van der Waals surface area contributed by atoms with Crippen molar-refractivity contribution in [2.24, 2.45) is 11.8 Å². The molecule has 1 N–H and O–H groups in total. The van der Waals surface area contributed by atoms with E-state index in [0.29, 0.717) is 12.3 Å². The van der Waals surface area contributed by atoms with Crippen molar-refractivity contribution in [3.63, 3.8) is 0 Å². The fourth-order valence-electron chi connectivity index (χ4n) is 3.71. The van der Waals surface area contributed by atoms with Gasteiger partial charge >= 0.3 is 5.97 Å². The van der Waals surface area contributed by atoms with Gasteiger partial charge in [-0.15, -0.1) is 0 Å². The van der Waals surface area contributed by atoms with Crippen LogP contribution < -0.4 is 0 Å². The van der Waals surface area contributed by atoms with Crippen LogP contribution in [0.3, 0.4) is 0 Å². The maximum absolute atomic E-state index is 10.9. The van der Waals surface area contributed by atoms with Crippen LogP contribution in [0.1, 0.15) is 64.7 Å². The third-order valence-corrected chi connectivity index (χ3v) is 5.06. The highest BCUT2D eigenvalue weighted by Gasteiger charge is 2.21. The van der Waals surface area contributed by atoms with Gasteiger partial charge in [0, 0.05) is 6.42 Å². The maximum atomic E-state index is 10.9. The van der Waals surface area contributed by atoms with Crippen LogP contribution in [-0.4, -0.2) is 11.1 Å². The van der Waals surface area contributed by atoms with E-state index in [0.717, 1.165) is 38.0 Å². The van der Waals surface area contributed by atoms with Crippen molar-refractivity contribution in [3.05, 3.63) is 47.6 Å². The Morgan fingerprint density at radius 2 is 2.00 bits per heavy atom. The molecule has 1 saturated carbocycles. The lowest BCUT2D eigenvalue weighted by atomic mass is 9.91. The van der Waals surface area contributed by atoms with E-state index in [2.05, 4.69) is 43.4 Å². The van der Waals surface area contributed by atoms with E-state index >= 15 is 0 Å². The molecule has 2 aliphatic rings. The first-order valence-corrected chi connectivity index (χ1v) is 9.05. The van der Waals surface area contributed by atoms with Gasteiger partial charge in [0.25, 0.3) is 0 Å². The summed E-state index contributed by atoms with van der Waals surface area (Å²) in [4.78, 5) is 10.9. The number of carboxylic acids is 1. The van der Waals surface area contributed by atoms with Crippen LogP contribution in [0.2, 0.25) is 0 Å². The maximum Gasteiger partial charge on any atom is 0.303 e. The van der Waals surface area contributed by atoms with Gasteiger partial charge < -0.3 is 5.11 Å². The molecule has 1 fully saturated rings. The molecule has 2 heteroatoms. The van der Waals surface area contributed by atoms with Gasteiger partial charge in [-0.2, -0.15) is 0 Å². The normalized spacial score (nSPS) is 25.6. The van der Waals surface area contributed by atoms with Crippen molar-refractivity contribution < 1.29 is 9.90 Å². The average molecular weight is 314 g/mol. The second-order valence-electron chi connectivity index (χ2n) is 6.99. The molecule has 2 rings (SSSR count). The fraction of sp³-hybridized carbons (Fsp3) is 0.571. The number of allylic oxidation sites excluding steroid dienone is 8. The Bertz CT molecular complexity index is 508. The zero-order valence-electron chi connectivity index (χ0n) is 14.3. The van der Waals surface area contributed by atoms with E-state index in [1.54, 1.807) is 0 Å². The summed E-state index contributed by atoms with van der Waals surface area (Å²) in [6, 6.07) is 0. The third-order valence-electron chi connectivity index (χ3n) is 5.06. The number of rotatable bonds is 6. The van der Waals surface area contributed by atoms with Crippen LogP contribution in [0.4, 0.5) is 0 Å². The molecule has 0 aromatic heterocycles. The van der Waals surface area contributed by atoms with Crippen LogP contribution in [0.25, 0.3) is 0 Å². The fourth-order valence-corrected chi connectivity index (χ4v) is 3.71. The average Bonchev–Trinajstić information content (AvgIpc) is 2.86. The molecule has 2 aliphatic carbocycles. The van der Waals surface area contributed by atoms with Gasteiger partial charge in [0.15, 0.2) is 0 Å². The van der Waals surface area contributed by atoms with Crippen molar-refractivity contribution in [3.8, 4) is 0 Å². The van der Waals surface area contributed by atoms with E-state index in [1.807, 2.05) is 0 Å². The topological polar surface area (TPSA) is 37.3 Å². The second-order valence-corrected chi connectivity index (χ2v) is 6.99. The van der Waals surface area contributed by atoms with Crippen molar-refractivity contribution in [1.29, 1.82) is 0 Å². The first-order valence-electron chi connectivity index (χ1n) is 9.05. The minimum Gasteiger partial charge on any atom is -0.481 e. The molecule has 0 bridgehead atoms. The molecule has 0 aromatic rings. The largest absolute Gasteiger partial charge is 0.481 e. The third kappa shape index (κ3) is 6.60. The van der Waals surface area contributed by atoms with Gasteiger partial charge in [-0.25, -0.2) is 0 Å². The van der Waals surface area contributed by atoms with Crippen molar-refractivity contribution in [2.75, 3.05) is 0 Å². The Labute approximate surface area is 140 Å². The molecule has 0 spiro atoms. The number of hydrogen-bond acceptors (Lipinski definition) is 1. The molecule has 23 heavy (non-hydrogen) atoms. The van der Waals surface area contributed by atoms with Crippen molar-refractivity contribution >= 4 is 5.97 Å². The lowest BCUT2D eigenvalue weighted by Crippen LogP contribution is -2.07. The van der Waals surface area contributed by atoms with Crippen LogP contribution in [0.15, 0.2) is 47.6 Å². The molecule has 2 atom stereocenters. The SMILES string of the molecule is C/C=C\CC1=CC=C(C[C@@H]2CCC[C@@H](CC(=O)O)CC2)C=CC1. The summed E-state index contributed by atoms with van der Waals surface area (Å²) in [7, 11) is 0. The summed E-state index contributed by atoms with van der Waals surface area (Å²) in [6.45, 7) is 2.07. The number of aliphatic carboxylic acids is 1. The standard InChI is InChI=1S/C21H30O2/c1-2-3-6-17-7-4-8-18(12-11-17)15-19-9-5-10-20(14-13-19)16-21(22)23/h2-4,8,11-12,19-20H,5-7,9-10,13-16H2,1H3,(H,22,23)/b3-2-/t19-,20-/m1/s1. The molecule has 0 heterocycles. The molecule has 2 nitrogen and oxygen atoms in total. The minimum atomic E-state index is -0.637. The lowest BCUT2D eigenvalue weighted by Gasteiger charge is -2.15. The Morgan fingerprint density at radius 3 is 2.78 bits per heavy atom. The highest BCUT2D eigenvalue weighted by molar-refractivity contribution is 5.67. The molecule has 0 radical (unpaired) electrons. The van der Waals surface area contributed by atoms with E-state index < -0.39 is 5.97 Å². The van der Waals surface area contributed by atoms with Gasteiger partial charge in [-0.3, -0.25) is 4.79 Å². The van der Waals surface area contributed by atoms with E-state index in [9.17, 15) is 4.79 Å². The number of hydrogen-bond donors (Lipinski definition) is 1. The summed E-state index contributed by atoms with van der Waals surface area (Å²) in [5.41, 5.74) is 2.90. The van der Waals surface area contributed by atoms with Crippen LogP contribution in [0, 0.1) is 11.8 Å². The van der Waals surface area contributed by atoms with Gasteiger partial charge in [0.2, 0.25) is 0 Å². The Morgan fingerprint density at radius 1 is 1.22 bits per heavy atom. The Balaban J connectivity index is 1.87. The molecule has 0 aromatic carbocycles. The summed E-state index contributed by atoms with van der Waals surface area (Å²) < 4.78 is 0. The first kappa shape index (κ1) is 17.8. The summed E-state index contributed by atoms with van der Waals surface area (Å²) in [6.07, 6.45) is 22.9. The summed E-state index contributed by atoms with van der Waals surface area (Å²) in [5.74, 6) is 0.473. The van der Waals surface area contributed by atoms with E-state index in [-0.39, 0.29) is 0 Å². The molecule has 126 valence electrons. The summed E-state index contributed by atoms with van der Waals surface area (Å²) >= 11 is 0. The van der Waals surface area contributed by atoms with Crippen molar-refractivity contribution in [2.45, 2.75) is 64.7 Å². The zero-order valence-corrected chi connectivity index (χ0v) is 14.3. The van der Waals surface area contributed by atoms with Gasteiger partial charge in [0.1, 0.15) is 0 Å². The van der Waals surface area contributed by atoms with E-state index in [4.69, 9.17) is 5.11 Å². The minimum absolute atomic E-state index is 0.354. The zero-order chi connectivity index (χ0) is 16.5. The lowest BCUT2D eigenvalue weighted by molar-refractivity contribution is -0.138. The van der Waals surface area contributed by atoms with Gasteiger partial charge in [-0.1, -0.05) is 54.9 Å². The van der Waals surface area contributed by atoms with Crippen LogP contribution in [0.5, 0.6) is 0 Å². The van der Waals surface area contributed by atoms with E-state index in [1.165, 1.54) is 30.4 Å².